The van der Waals surface area contributed by atoms with E-state index < -0.39 is 48.6 Å². The van der Waals surface area contributed by atoms with Gasteiger partial charge in [-0.25, -0.2) is 0 Å². The largest absolute Gasteiger partial charge is 0.461 e. The third-order valence-electron chi connectivity index (χ3n) is 3.75. The molecule has 0 N–H and O–H groups in total. The van der Waals surface area contributed by atoms with Gasteiger partial charge in [-0.15, -0.1) is 0 Å². The quantitative estimate of drug-likeness (QED) is 0.212. The average molecular weight is 451 g/mol. The van der Waals surface area contributed by atoms with Gasteiger partial charge in [0.05, 0.1) is 24.7 Å². The van der Waals surface area contributed by atoms with E-state index in [-0.39, 0.29) is 26.4 Å². The van der Waals surface area contributed by atoms with E-state index in [2.05, 4.69) is 26.3 Å². The molecule has 0 aliphatic carbocycles. The zero-order chi connectivity index (χ0) is 24.8. The SMILES string of the molecule is C=C(C)COC(=O)CC(C(=O)OCC(=C)C)C(CC(=O)OCC(=C)C)C(=O)OCC(=C)C. The molecule has 0 aliphatic rings. The molecular formula is C24H34O8. The molecule has 0 heterocycles. The Morgan fingerprint density at radius 2 is 0.781 bits per heavy atom. The van der Waals surface area contributed by atoms with Crippen LogP contribution in [0.3, 0.4) is 0 Å². The van der Waals surface area contributed by atoms with E-state index in [1.165, 1.54) is 0 Å². The Morgan fingerprint density at radius 3 is 1.03 bits per heavy atom. The first-order valence-corrected chi connectivity index (χ1v) is 10.1. The Hall–Kier alpha value is -3.16. The number of carbonyl (C=O) groups is 4. The van der Waals surface area contributed by atoms with E-state index in [9.17, 15) is 19.2 Å². The molecule has 178 valence electrons. The van der Waals surface area contributed by atoms with Crippen LogP contribution in [-0.2, 0) is 38.1 Å². The van der Waals surface area contributed by atoms with Crippen LogP contribution >= 0.6 is 0 Å². The van der Waals surface area contributed by atoms with Gasteiger partial charge in [-0.2, -0.15) is 0 Å². The lowest BCUT2D eigenvalue weighted by Gasteiger charge is -2.23. The predicted octanol–water partition coefficient (Wildman–Crippen LogP) is 3.48. The van der Waals surface area contributed by atoms with Gasteiger partial charge >= 0.3 is 23.9 Å². The van der Waals surface area contributed by atoms with Crippen LogP contribution < -0.4 is 0 Å². The third-order valence-corrected chi connectivity index (χ3v) is 3.75. The molecule has 0 amide bonds. The van der Waals surface area contributed by atoms with E-state index in [1.807, 2.05) is 0 Å². The summed E-state index contributed by atoms with van der Waals surface area (Å²) in [7, 11) is 0. The zero-order valence-corrected chi connectivity index (χ0v) is 19.5. The van der Waals surface area contributed by atoms with Crippen molar-refractivity contribution in [1.82, 2.24) is 0 Å². The smallest absolute Gasteiger partial charge is 0.310 e. The van der Waals surface area contributed by atoms with Crippen LogP contribution in [0.4, 0.5) is 0 Å². The van der Waals surface area contributed by atoms with Gasteiger partial charge in [-0.3, -0.25) is 19.2 Å². The van der Waals surface area contributed by atoms with Gasteiger partial charge in [0.1, 0.15) is 26.4 Å². The number of hydrogen-bond donors (Lipinski definition) is 0. The fourth-order valence-electron chi connectivity index (χ4n) is 2.27. The minimum Gasteiger partial charge on any atom is -0.461 e. The molecule has 0 aromatic rings. The summed E-state index contributed by atoms with van der Waals surface area (Å²) in [5.74, 6) is -5.88. The van der Waals surface area contributed by atoms with E-state index in [4.69, 9.17) is 18.9 Å². The Balaban J connectivity index is 5.78. The normalized spacial score (nSPS) is 12.0. The van der Waals surface area contributed by atoms with Gasteiger partial charge in [-0.1, -0.05) is 26.3 Å². The van der Waals surface area contributed by atoms with Crippen LogP contribution in [0.2, 0.25) is 0 Å². The van der Waals surface area contributed by atoms with Crippen LogP contribution in [0.5, 0.6) is 0 Å². The van der Waals surface area contributed by atoms with Crippen molar-refractivity contribution in [2.45, 2.75) is 40.5 Å². The first-order valence-electron chi connectivity index (χ1n) is 10.1. The molecule has 2 atom stereocenters. The average Bonchev–Trinajstić information content (AvgIpc) is 2.69. The summed E-state index contributed by atoms with van der Waals surface area (Å²) in [5, 5.41) is 0. The molecule has 0 saturated carbocycles. The van der Waals surface area contributed by atoms with Crippen LogP contribution in [0.15, 0.2) is 48.6 Å². The summed E-state index contributed by atoms with van der Waals surface area (Å²) in [6.45, 7) is 20.9. The zero-order valence-electron chi connectivity index (χ0n) is 19.5. The van der Waals surface area contributed by atoms with Gasteiger partial charge in [0, 0.05) is 0 Å². The lowest BCUT2D eigenvalue weighted by Crippen LogP contribution is -2.37. The summed E-state index contributed by atoms with van der Waals surface area (Å²) in [6.07, 6.45) is -0.994. The number of ether oxygens (including phenoxy) is 4. The molecule has 32 heavy (non-hydrogen) atoms. The molecule has 0 aromatic carbocycles. The Bertz CT molecular complexity index is 698. The highest BCUT2D eigenvalue weighted by atomic mass is 16.6. The maximum absolute atomic E-state index is 12.8. The molecule has 0 saturated heterocycles. The van der Waals surface area contributed by atoms with Gasteiger partial charge in [0.2, 0.25) is 0 Å². The molecule has 0 aromatic heterocycles. The third kappa shape index (κ3) is 13.2. The highest BCUT2D eigenvalue weighted by Gasteiger charge is 2.40. The van der Waals surface area contributed by atoms with Crippen molar-refractivity contribution in [1.29, 1.82) is 0 Å². The fraction of sp³-hybridized carbons (Fsp3) is 0.500. The van der Waals surface area contributed by atoms with Crippen LogP contribution in [-0.4, -0.2) is 50.3 Å². The van der Waals surface area contributed by atoms with Crippen molar-refractivity contribution < 1.29 is 38.1 Å². The van der Waals surface area contributed by atoms with Crippen molar-refractivity contribution in [2.24, 2.45) is 11.8 Å². The van der Waals surface area contributed by atoms with E-state index in [0.717, 1.165) is 0 Å². The molecule has 8 nitrogen and oxygen atoms in total. The van der Waals surface area contributed by atoms with Gasteiger partial charge in [0.25, 0.3) is 0 Å². The second-order valence-electron chi connectivity index (χ2n) is 7.99. The van der Waals surface area contributed by atoms with Crippen molar-refractivity contribution in [2.75, 3.05) is 26.4 Å². The summed E-state index contributed by atoms with van der Waals surface area (Å²) < 4.78 is 20.5. The summed E-state index contributed by atoms with van der Waals surface area (Å²) in [5.41, 5.74) is 2.31. The van der Waals surface area contributed by atoms with Crippen LogP contribution in [0.25, 0.3) is 0 Å². The van der Waals surface area contributed by atoms with E-state index in [1.54, 1.807) is 27.7 Å². The Kier molecular flexibility index (Phi) is 13.3. The second kappa shape index (κ2) is 14.8. The molecule has 0 rings (SSSR count). The standard InChI is InChI=1S/C24H34O8/c1-15(2)11-29-21(25)9-19(23(27)31-13-17(5)6)20(24(28)32-14-18(7)8)10-22(26)30-12-16(3)4/h19-20H,1,3,5,7,9-14H2,2,4,6,8H3. The highest BCUT2D eigenvalue weighted by Crippen LogP contribution is 2.25. The Morgan fingerprint density at radius 1 is 0.531 bits per heavy atom. The van der Waals surface area contributed by atoms with Crippen LogP contribution in [0, 0.1) is 11.8 Å². The molecule has 0 fully saturated rings. The number of hydrogen-bond acceptors (Lipinski definition) is 8. The number of esters is 4. The van der Waals surface area contributed by atoms with Gasteiger partial charge < -0.3 is 18.9 Å². The highest BCUT2D eigenvalue weighted by molar-refractivity contribution is 5.88. The summed E-state index contributed by atoms with van der Waals surface area (Å²) >= 11 is 0. The molecule has 0 bridgehead atoms. The van der Waals surface area contributed by atoms with Crippen molar-refractivity contribution >= 4 is 23.9 Å². The van der Waals surface area contributed by atoms with Gasteiger partial charge in [0.15, 0.2) is 0 Å². The molecule has 2 unspecified atom stereocenters. The van der Waals surface area contributed by atoms with Crippen LogP contribution in [0.1, 0.15) is 40.5 Å². The molecule has 0 spiro atoms. The fourth-order valence-corrected chi connectivity index (χ4v) is 2.27. The first kappa shape index (κ1) is 28.8. The lowest BCUT2D eigenvalue weighted by molar-refractivity contribution is -0.166. The van der Waals surface area contributed by atoms with E-state index >= 15 is 0 Å². The topological polar surface area (TPSA) is 105 Å². The molecule has 0 aliphatic heterocycles. The molecule has 8 heteroatoms. The number of carbonyl (C=O) groups excluding carboxylic acids is 4. The maximum atomic E-state index is 12.8. The Labute approximate surface area is 189 Å². The first-order chi connectivity index (χ1) is 14.8. The minimum absolute atomic E-state index is 0.0439. The summed E-state index contributed by atoms with van der Waals surface area (Å²) in [6, 6.07) is 0. The maximum Gasteiger partial charge on any atom is 0.310 e. The van der Waals surface area contributed by atoms with Crippen molar-refractivity contribution in [3.05, 3.63) is 48.6 Å². The molecule has 0 radical (unpaired) electrons. The minimum atomic E-state index is -1.33. The monoisotopic (exact) mass is 450 g/mol. The summed E-state index contributed by atoms with van der Waals surface area (Å²) in [4.78, 5) is 50.2. The second-order valence-corrected chi connectivity index (χ2v) is 7.99. The van der Waals surface area contributed by atoms with E-state index in [0.29, 0.717) is 22.3 Å². The lowest BCUT2D eigenvalue weighted by atomic mass is 9.86. The van der Waals surface area contributed by atoms with Gasteiger partial charge in [-0.05, 0) is 50.0 Å². The number of rotatable bonds is 15. The molecular weight excluding hydrogens is 416 g/mol. The van der Waals surface area contributed by atoms with Crippen molar-refractivity contribution in [3.63, 3.8) is 0 Å². The predicted molar refractivity (Wildman–Crippen MR) is 119 cm³/mol. The van der Waals surface area contributed by atoms with Crippen molar-refractivity contribution in [3.8, 4) is 0 Å².